The maximum absolute atomic E-state index is 11.8. The lowest BCUT2D eigenvalue weighted by molar-refractivity contribution is -0.388. The van der Waals surface area contributed by atoms with Gasteiger partial charge < -0.3 is 48.4 Å². The maximum Gasteiger partial charge on any atom is 0.171 e. The van der Waals surface area contributed by atoms with Gasteiger partial charge in [0, 0.05) is 65.2 Å². The van der Waals surface area contributed by atoms with Gasteiger partial charge in [-0.05, 0) is 133 Å². The number of ether oxygens (including phenoxy) is 6. The lowest BCUT2D eigenvalue weighted by atomic mass is 9.77. The zero-order chi connectivity index (χ0) is 50.5. The quantitative estimate of drug-likeness (QED) is 0.157. The largest absolute Gasteiger partial charge is 0.491 e. The van der Waals surface area contributed by atoms with E-state index in [2.05, 4.69) is 107 Å². The number of piperidine rings is 2. The molecule has 2 aromatic rings. The summed E-state index contributed by atoms with van der Waals surface area (Å²) in [4.78, 5) is 17.4. The average Bonchev–Trinajstić information content (AvgIpc) is 3.21. The van der Waals surface area contributed by atoms with Gasteiger partial charge in [0.15, 0.2) is 11.6 Å². The molecule has 4 heterocycles. The van der Waals surface area contributed by atoms with Crippen molar-refractivity contribution in [2.75, 3.05) is 67.8 Å². The number of hydroxylamine groups is 4. The molecule has 2 N–H and O–H groups in total. The number of nitrogens with zero attached hydrogens (tertiary/aromatic N) is 4. The van der Waals surface area contributed by atoms with Crippen molar-refractivity contribution in [2.45, 2.75) is 193 Å². The number of hydrogen-bond acceptors (Lipinski definition) is 14. The zero-order valence-corrected chi connectivity index (χ0v) is 45.1. The maximum atomic E-state index is 11.8. The van der Waals surface area contributed by atoms with E-state index in [-0.39, 0.29) is 51.8 Å². The fourth-order valence-corrected chi connectivity index (χ4v) is 11.4. The predicted molar refractivity (Wildman–Crippen MR) is 265 cm³/mol. The van der Waals surface area contributed by atoms with Gasteiger partial charge >= 0.3 is 0 Å². The second-order valence-corrected chi connectivity index (χ2v) is 25.2. The highest BCUT2D eigenvalue weighted by molar-refractivity contribution is 5.30. The number of likely N-dealkylation sites (N-methyl/N-ethyl adjacent to an activating group) is 2. The Morgan fingerprint density at radius 3 is 1.24 bits per heavy atom. The summed E-state index contributed by atoms with van der Waals surface area (Å²) in [5, 5.41) is 27.8. The molecule has 14 nitrogen and oxygen atoms in total. The minimum Gasteiger partial charge on any atom is -0.491 e. The Labute approximate surface area is 409 Å². The minimum atomic E-state index is -1.01. The summed E-state index contributed by atoms with van der Waals surface area (Å²) in [5.41, 5.74) is 0.507. The molecule has 0 radical (unpaired) electrons. The summed E-state index contributed by atoms with van der Waals surface area (Å²) < 4.78 is 38.7. The molecule has 6 unspecified atom stereocenters. The van der Waals surface area contributed by atoms with Crippen molar-refractivity contribution in [3.8, 4) is 11.5 Å². The van der Waals surface area contributed by atoms with Gasteiger partial charge in [-0.15, -0.1) is 0 Å². The summed E-state index contributed by atoms with van der Waals surface area (Å²) in [6, 6.07) is 15.0. The van der Waals surface area contributed by atoms with Crippen molar-refractivity contribution in [3.63, 3.8) is 0 Å². The molecule has 0 bridgehead atoms. The van der Waals surface area contributed by atoms with Gasteiger partial charge in [0.25, 0.3) is 0 Å². The Hall–Kier alpha value is -2.44. The van der Waals surface area contributed by atoms with Gasteiger partial charge in [-0.1, -0.05) is 52.0 Å². The van der Waals surface area contributed by atoms with Crippen LogP contribution in [0.5, 0.6) is 11.5 Å². The molecule has 0 aliphatic carbocycles. The van der Waals surface area contributed by atoms with E-state index in [9.17, 15) is 10.2 Å². The van der Waals surface area contributed by atoms with Crippen LogP contribution in [0.4, 0.5) is 0 Å². The van der Waals surface area contributed by atoms with Crippen LogP contribution in [0, 0.1) is 10.8 Å². The Kier molecular flexibility index (Phi) is 16.3. The highest BCUT2D eigenvalue weighted by atomic mass is 16.7. The molecule has 4 aliphatic heterocycles. The molecule has 386 valence electrons. The van der Waals surface area contributed by atoms with Gasteiger partial charge in [-0.3, -0.25) is 9.68 Å². The van der Waals surface area contributed by atoms with Gasteiger partial charge in [0.05, 0.1) is 32.5 Å². The summed E-state index contributed by atoms with van der Waals surface area (Å²) in [6.45, 7) is 33.3. The molecule has 0 aromatic heterocycles. The smallest absolute Gasteiger partial charge is 0.171 e. The predicted octanol–water partition coefficient (Wildman–Crippen LogP) is 8.56. The summed E-state index contributed by atoms with van der Waals surface area (Å²) in [6.07, 6.45) is -0.493. The third kappa shape index (κ3) is 13.0. The minimum absolute atomic E-state index is 0.00554. The van der Waals surface area contributed by atoms with E-state index in [4.69, 9.17) is 38.1 Å². The van der Waals surface area contributed by atoms with Gasteiger partial charge in [0.1, 0.15) is 48.6 Å². The van der Waals surface area contributed by atoms with Crippen LogP contribution in [0.2, 0.25) is 0 Å². The summed E-state index contributed by atoms with van der Waals surface area (Å²) in [5.74, 6) is -0.0924. The molecule has 0 amide bonds. The molecular weight excluding hydrogens is 865 g/mol. The molecule has 4 aliphatic rings. The number of hydrogen-bond donors (Lipinski definition) is 2. The van der Waals surface area contributed by atoms with Crippen LogP contribution >= 0.6 is 0 Å². The Morgan fingerprint density at radius 1 is 0.544 bits per heavy atom. The molecule has 2 spiro atoms. The fraction of sp³-hybridized carbons (Fsp3) is 0.778. The highest BCUT2D eigenvalue weighted by Gasteiger charge is 2.59. The standard InChI is InChI=1S/C54H90N4O10/c1-37(67-57-49(7,8)29-53(30-50(57,9)10)62-33-47(3,4)34-63-53)39-19-23-41(24-20-39)61-28-44(60)45(56(17)18)46(43(59)27-55(15)16)66-42-25-21-40(22-26-42)38(2)68-58-51(11,12)31-54(32-52(58,13)14)64-35-48(5,6)36-65-54/h19-26,37-38,43-46,59-60H,27-36H2,1-18H3. The first-order valence-corrected chi connectivity index (χ1v) is 24.9. The molecule has 2 aromatic carbocycles. The van der Waals surface area contributed by atoms with Gasteiger partial charge in [-0.25, -0.2) is 0 Å². The number of aliphatic hydroxyl groups excluding tert-OH is 2. The fourth-order valence-electron chi connectivity index (χ4n) is 11.4. The Bertz CT molecular complexity index is 1890. The van der Waals surface area contributed by atoms with E-state index in [1.54, 1.807) is 0 Å². The molecule has 4 fully saturated rings. The van der Waals surface area contributed by atoms with Crippen molar-refractivity contribution < 1.29 is 48.3 Å². The molecule has 4 saturated heterocycles. The highest BCUT2D eigenvalue weighted by Crippen LogP contribution is 2.51. The Morgan fingerprint density at radius 2 is 0.897 bits per heavy atom. The topological polar surface area (TPSA) is 127 Å². The second kappa shape index (κ2) is 20.2. The van der Waals surface area contributed by atoms with Crippen LogP contribution in [-0.2, 0) is 28.6 Å². The monoisotopic (exact) mass is 955 g/mol. The van der Waals surface area contributed by atoms with E-state index in [0.717, 1.165) is 11.1 Å². The lowest BCUT2D eigenvalue weighted by Crippen LogP contribution is -2.68. The third-order valence-electron chi connectivity index (χ3n) is 14.1. The molecule has 68 heavy (non-hydrogen) atoms. The summed E-state index contributed by atoms with van der Waals surface area (Å²) in [7, 11) is 7.57. The van der Waals surface area contributed by atoms with E-state index in [0.29, 0.717) is 70.2 Å². The van der Waals surface area contributed by atoms with Crippen LogP contribution in [0.3, 0.4) is 0 Å². The number of benzene rings is 2. The van der Waals surface area contributed by atoms with E-state index in [1.807, 2.05) is 86.5 Å². The van der Waals surface area contributed by atoms with Gasteiger partial charge in [0.2, 0.25) is 0 Å². The normalized spacial score (nSPS) is 26.5. The van der Waals surface area contributed by atoms with Crippen molar-refractivity contribution >= 4 is 0 Å². The Balaban J connectivity index is 1.07. The van der Waals surface area contributed by atoms with Crippen LogP contribution in [-0.4, -0.2) is 156 Å². The van der Waals surface area contributed by atoms with E-state index in [1.165, 1.54) is 0 Å². The molecule has 6 atom stereocenters. The van der Waals surface area contributed by atoms with E-state index < -0.39 is 35.9 Å². The van der Waals surface area contributed by atoms with E-state index >= 15 is 0 Å². The average molecular weight is 955 g/mol. The lowest BCUT2D eigenvalue weighted by Gasteiger charge is -2.59. The third-order valence-corrected chi connectivity index (χ3v) is 14.1. The van der Waals surface area contributed by atoms with Crippen molar-refractivity contribution in [3.05, 3.63) is 59.7 Å². The zero-order valence-electron chi connectivity index (χ0n) is 45.1. The first kappa shape index (κ1) is 54.9. The van der Waals surface area contributed by atoms with Crippen LogP contribution < -0.4 is 9.47 Å². The van der Waals surface area contributed by atoms with Gasteiger partial charge in [-0.2, -0.15) is 10.1 Å². The van der Waals surface area contributed by atoms with Crippen molar-refractivity contribution in [1.29, 1.82) is 0 Å². The van der Waals surface area contributed by atoms with Crippen LogP contribution in [0.15, 0.2) is 48.5 Å². The summed E-state index contributed by atoms with van der Waals surface area (Å²) >= 11 is 0. The first-order valence-electron chi connectivity index (χ1n) is 24.9. The molecule has 14 heteroatoms. The van der Waals surface area contributed by atoms with Crippen molar-refractivity contribution in [2.24, 2.45) is 10.8 Å². The number of rotatable bonds is 17. The molecule has 6 rings (SSSR count). The van der Waals surface area contributed by atoms with Crippen molar-refractivity contribution in [1.82, 2.24) is 19.9 Å². The van der Waals surface area contributed by atoms with Crippen LogP contribution in [0.25, 0.3) is 0 Å². The molecular formula is C54H90N4O10. The number of aliphatic hydroxyl groups is 2. The molecule has 0 saturated carbocycles. The first-order chi connectivity index (χ1) is 31.3. The van der Waals surface area contributed by atoms with Crippen LogP contribution in [0.1, 0.15) is 146 Å². The second-order valence-electron chi connectivity index (χ2n) is 25.2. The SMILES string of the molecule is CC(ON1C(C)(C)CC2(CC1(C)C)OCC(C)(C)CO2)c1ccc(OCC(O)C(C(Oc2ccc(C(C)ON3C(C)(C)CC4(CC3(C)C)OCC(C)(C)CO4)cc2)C(O)CN(C)C)N(C)C)cc1.